The summed E-state index contributed by atoms with van der Waals surface area (Å²) in [5.41, 5.74) is 6.42. The van der Waals surface area contributed by atoms with Gasteiger partial charge in [0.15, 0.2) is 6.23 Å². The lowest BCUT2D eigenvalue weighted by molar-refractivity contribution is -0.0654. The Kier molecular flexibility index (Phi) is 3.34. The van der Waals surface area contributed by atoms with Crippen LogP contribution in [0.2, 0.25) is 0 Å². The van der Waals surface area contributed by atoms with E-state index in [1.54, 1.807) is 13.1 Å². The van der Waals surface area contributed by atoms with Crippen molar-refractivity contribution in [1.82, 2.24) is 10.2 Å². The Morgan fingerprint density at radius 3 is 3.00 bits per heavy atom. The summed E-state index contributed by atoms with van der Waals surface area (Å²) in [6.45, 7) is 1.60. The highest BCUT2D eigenvalue weighted by molar-refractivity contribution is 5.77. The van der Waals surface area contributed by atoms with Gasteiger partial charge in [0.2, 0.25) is 0 Å². The third-order valence-corrected chi connectivity index (χ3v) is 2.99. The first kappa shape index (κ1) is 12.3. The third-order valence-electron chi connectivity index (χ3n) is 2.99. The molecular weight excluding hydrogens is 226 g/mol. The molecule has 2 heterocycles. The number of hydrogen-bond acceptors (Lipinski definition) is 5. The predicted octanol–water partition coefficient (Wildman–Crippen LogP) is -1.33. The number of amides is 2. The van der Waals surface area contributed by atoms with Crippen molar-refractivity contribution in [3.8, 4) is 0 Å². The maximum absolute atomic E-state index is 11.7. The van der Waals surface area contributed by atoms with Crippen molar-refractivity contribution in [2.24, 2.45) is 5.73 Å². The van der Waals surface area contributed by atoms with E-state index in [1.165, 1.54) is 4.90 Å². The van der Waals surface area contributed by atoms with Gasteiger partial charge in [-0.3, -0.25) is 4.90 Å². The summed E-state index contributed by atoms with van der Waals surface area (Å²) in [7, 11) is 0. The molecule has 2 aliphatic rings. The smallest absolute Gasteiger partial charge is 0.325 e. The molecule has 0 aromatic rings. The predicted molar refractivity (Wildman–Crippen MR) is 58.5 cm³/mol. The van der Waals surface area contributed by atoms with Crippen LogP contribution < -0.4 is 11.1 Å². The minimum Gasteiger partial charge on any atom is -0.394 e. The van der Waals surface area contributed by atoms with Crippen LogP contribution >= 0.6 is 0 Å². The van der Waals surface area contributed by atoms with E-state index >= 15 is 0 Å². The van der Waals surface area contributed by atoms with Crippen molar-refractivity contribution in [3.05, 3.63) is 11.8 Å². The molecule has 96 valence electrons. The van der Waals surface area contributed by atoms with Gasteiger partial charge in [0.1, 0.15) is 12.3 Å². The molecule has 1 fully saturated rings. The highest BCUT2D eigenvalue weighted by Crippen LogP contribution is 2.25. The topological polar surface area (TPSA) is 108 Å². The van der Waals surface area contributed by atoms with E-state index in [2.05, 4.69) is 5.32 Å². The number of hydrogen-bond donors (Lipinski definition) is 4. The van der Waals surface area contributed by atoms with Crippen molar-refractivity contribution in [1.29, 1.82) is 0 Å². The number of rotatable bonds is 2. The summed E-state index contributed by atoms with van der Waals surface area (Å²) in [6, 6.07) is -0.411. The minimum absolute atomic E-state index is 0.175. The molecule has 1 unspecified atom stereocenters. The highest BCUT2D eigenvalue weighted by atomic mass is 16.5. The number of aliphatic hydroxyl groups excluding tert-OH is 2. The number of carbonyl (C=O) groups is 1. The van der Waals surface area contributed by atoms with Crippen LogP contribution in [-0.4, -0.2) is 52.4 Å². The van der Waals surface area contributed by atoms with Crippen molar-refractivity contribution in [2.75, 3.05) is 6.61 Å². The van der Waals surface area contributed by atoms with Crippen LogP contribution in [0.25, 0.3) is 0 Å². The van der Waals surface area contributed by atoms with E-state index in [0.717, 1.165) is 5.57 Å². The second-order valence-electron chi connectivity index (χ2n) is 4.34. The molecule has 2 amide bonds. The molecule has 7 nitrogen and oxygen atoms in total. The van der Waals surface area contributed by atoms with E-state index in [4.69, 9.17) is 15.6 Å². The van der Waals surface area contributed by atoms with Crippen molar-refractivity contribution in [2.45, 2.75) is 37.9 Å². The maximum atomic E-state index is 11.7. The third kappa shape index (κ3) is 2.27. The van der Waals surface area contributed by atoms with Gasteiger partial charge in [-0.15, -0.1) is 0 Å². The molecule has 5 N–H and O–H groups in total. The summed E-state index contributed by atoms with van der Waals surface area (Å²) in [5.74, 6) is 0. The van der Waals surface area contributed by atoms with Crippen molar-refractivity contribution < 1.29 is 19.7 Å². The van der Waals surface area contributed by atoms with E-state index < -0.39 is 30.6 Å². The van der Waals surface area contributed by atoms with Gasteiger partial charge in [0.25, 0.3) is 0 Å². The number of urea groups is 1. The van der Waals surface area contributed by atoms with Gasteiger partial charge in [0, 0.05) is 12.6 Å². The summed E-state index contributed by atoms with van der Waals surface area (Å²) in [5, 5.41) is 21.3. The van der Waals surface area contributed by atoms with E-state index in [9.17, 15) is 9.90 Å². The van der Waals surface area contributed by atoms with Gasteiger partial charge < -0.3 is 26.0 Å². The molecule has 0 spiro atoms. The fraction of sp³-hybridized carbons (Fsp3) is 0.700. The van der Waals surface area contributed by atoms with Crippen LogP contribution in [0.3, 0.4) is 0 Å². The lowest BCUT2D eigenvalue weighted by Crippen LogP contribution is -2.56. The first-order chi connectivity index (χ1) is 8.02. The molecule has 2 aliphatic heterocycles. The summed E-state index contributed by atoms with van der Waals surface area (Å²) in [6.07, 6.45) is -0.648. The summed E-state index contributed by atoms with van der Waals surface area (Å²) < 4.78 is 5.40. The molecule has 0 aliphatic carbocycles. The second kappa shape index (κ2) is 4.61. The average Bonchev–Trinajstić information content (AvgIpc) is 2.65. The lowest BCUT2D eigenvalue weighted by atomic mass is 10.1. The fourth-order valence-corrected chi connectivity index (χ4v) is 1.97. The van der Waals surface area contributed by atoms with Crippen LogP contribution in [0, 0.1) is 0 Å². The van der Waals surface area contributed by atoms with E-state index in [-0.39, 0.29) is 6.61 Å². The molecule has 17 heavy (non-hydrogen) atoms. The van der Waals surface area contributed by atoms with Gasteiger partial charge in [-0.1, -0.05) is 0 Å². The Labute approximate surface area is 98.8 Å². The molecule has 1 saturated heterocycles. The lowest BCUT2D eigenvalue weighted by Gasteiger charge is -2.33. The van der Waals surface area contributed by atoms with Crippen molar-refractivity contribution in [3.63, 3.8) is 0 Å². The zero-order valence-electron chi connectivity index (χ0n) is 9.54. The van der Waals surface area contributed by atoms with Gasteiger partial charge in [-0.25, -0.2) is 4.79 Å². The highest BCUT2D eigenvalue weighted by Gasteiger charge is 2.40. The molecule has 2 rings (SSSR count). The van der Waals surface area contributed by atoms with E-state index in [1.807, 2.05) is 0 Å². The standard InChI is InChI=1S/C10H17N3O4/c1-5-3-13(10(16)12-8(5)11)9-7(15)2-6(4-14)17-9/h3,6-9,14-15H,2,4,11H2,1H3,(H,12,16)/t6-,7-,8?,9+/m0/s1. The molecule has 0 bridgehead atoms. The van der Waals surface area contributed by atoms with Crippen LogP contribution in [0.1, 0.15) is 13.3 Å². The number of aliphatic hydroxyl groups is 2. The molecule has 4 atom stereocenters. The Bertz CT molecular complexity index is 346. The zero-order chi connectivity index (χ0) is 12.6. The minimum atomic E-state index is -0.809. The van der Waals surface area contributed by atoms with Crippen LogP contribution in [0.4, 0.5) is 4.79 Å². The second-order valence-corrected chi connectivity index (χ2v) is 4.34. The number of carbonyl (C=O) groups excluding carboxylic acids is 1. The van der Waals surface area contributed by atoms with Gasteiger partial charge in [-0.2, -0.15) is 0 Å². The Morgan fingerprint density at radius 2 is 2.41 bits per heavy atom. The molecule has 7 heteroatoms. The first-order valence-corrected chi connectivity index (χ1v) is 5.50. The largest absolute Gasteiger partial charge is 0.394 e. The van der Waals surface area contributed by atoms with Gasteiger partial charge in [0.05, 0.1) is 12.7 Å². The summed E-state index contributed by atoms with van der Waals surface area (Å²) in [4.78, 5) is 13.0. The zero-order valence-corrected chi connectivity index (χ0v) is 9.54. The van der Waals surface area contributed by atoms with Crippen LogP contribution in [0.5, 0.6) is 0 Å². The molecular formula is C10H17N3O4. The van der Waals surface area contributed by atoms with E-state index in [0.29, 0.717) is 6.42 Å². The summed E-state index contributed by atoms with van der Waals surface area (Å²) >= 11 is 0. The first-order valence-electron chi connectivity index (χ1n) is 5.50. The average molecular weight is 243 g/mol. The monoisotopic (exact) mass is 243 g/mol. The Hall–Kier alpha value is -1.15. The number of nitrogens with one attached hydrogen (secondary N) is 1. The van der Waals surface area contributed by atoms with Gasteiger partial charge in [-0.05, 0) is 12.5 Å². The quantitative estimate of drug-likeness (QED) is 0.480. The normalized spacial score (nSPS) is 38.0. The molecule has 0 aromatic carbocycles. The van der Waals surface area contributed by atoms with Crippen molar-refractivity contribution >= 4 is 6.03 Å². The number of ether oxygens (including phenoxy) is 1. The molecule has 0 aromatic heterocycles. The van der Waals surface area contributed by atoms with Gasteiger partial charge >= 0.3 is 6.03 Å². The number of nitrogens with two attached hydrogens (primary N) is 1. The Balaban J connectivity index is 2.14. The fourth-order valence-electron chi connectivity index (χ4n) is 1.97. The molecule has 0 radical (unpaired) electrons. The molecule has 0 saturated carbocycles. The number of nitrogens with zero attached hydrogens (tertiary/aromatic N) is 1. The van der Waals surface area contributed by atoms with Crippen LogP contribution in [-0.2, 0) is 4.74 Å². The maximum Gasteiger partial charge on any atom is 0.325 e. The Morgan fingerprint density at radius 1 is 1.71 bits per heavy atom. The SMILES string of the molecule is CC1=CN([C@@H]2O[C@H](CO)C[C@@H]2O)C(=O)NC1N. The van der Waals surface area contributed by atoms with Crippen LogP contribution in [0.15, 0.2) is 11.8 Å².